The highest BCUT2D eigenvalue weighted by molar-refractivity contribution is 5.45. The highest BCUT2D eigenvalue weighted by atomic mass is 15.2. The van der Waals surface area contributed by atoms with Crippen molar-refractivity contribution in [2.24, 2.45) is 5.92 Å². The van der Waals surface area contributed by atoms with Crippen molar-refractivity contribution >= 4 is 5.82 Å². The number of fused-ring (bicyclic) bond motifs is 1. The monoisotopic (exact) mass is 270 g/mol. The second-order valence-corrected chi connectivity index (χ2v) is 5.90. The third-order valence-electron chi connectivity index (χ3n) is 4.13. The average Bonchev–Trinajstić information content (AvgIpc) is 2.81. The number of aromatic nitrogens is 2. The van der Waals surface area contributed by atoms with Crippen LogP contribution in [0.2, 0.25) is 0 Å². The molecule has 1 atom stereocenters. The molecule has 1 aromatic heterocycles. The molecule has 0 fully saturated rings. The van der Waals surface area contributed by atoms with Crippen molar-refractivity contribution in [2.75, 3.05) is 12.3 Å². The molecule has 0 saturated heterocycles. The van der Waals surface area contributed by atoms with E-state index in [0.717, 1.165) is 19.5 Å². The van der Waals surface area contributed by atoms with Crippen LogP contribution in [0.1, 0.15) is 36.7 Å². The van der Waals surface area contributed by atoms with Gasteiger partial charge in [0.05, 0.1) is 11.7 Å². The maximum Gasteiger partial charge on any atom is 0.148 e. The summed E-state index contributed by atoms with van der Waals surface area (Å²) < 4.78 is 0. The Labute approximate surface area is 120 Å². The highest BCUT2D eigenvalue weighted by Gasteiger charge is 2.32. The Kier molecular flexibility index (Phi) is 3.49. The van der Waals surface area contributed by atoms with E-state index < -0.39 is 0 Å². The van der Waals surface area contributed by atoms with Gasteiger partial charge < -0.3 is 5.73 Å². The molecule has 3 N–H and O–H groups in total. The van der Waals surface area contributed by atoms with Crippen molar-refractivity contribution in [3.8, 4) is 0 Å². The van der Waals surface area contributed by atoms with Crippen molar-refractivity contribution in [2.45, 2.75) is 32.9 Å². The van der Waals surface area contributed by atoms with Crippen LogP contribution in [0.15, 0.2) is 30.3 Å². The Morgan fingerprint density at radius 2 is 2.10 bits per heavy atom. The van der Waals surface area contributed by atoms with E-state index in [9.17, 15) is 0 Å². The predicted octanol–water partition coefficient (Wildman–Crippen LogP) is 2.75. The second kappa shape index (κ2) is 5.29. The summed E-state index contributed by atoms with van der Waals surface area (Å²) in [5.74, 6) is 1.20. The molecule has 0 aliphatic carbocycles. The molecule has 106 valence electrons. The largest absolute Gasteiger partial charge is 0.382 e. The lowest BCUT2D eigenvalue weighted by Crippen LogP contribution is -2.37. The number of nitrogens with two attached hydrogens (primary N) is 1. The maximum atomic E-state index is 5.96. The molecule has 20 heavy (non-hydrogen) atoms. The van der Waals surface area contributed by atoms with Gasteiger partial charge in [0, 0.05) is 18.7 Å². The summed E-state index contributed by atoms with van der Waals surface area (Å²) in [6.45, 7) is 6.53. The Balaban J connectivity index is 1.89. The maximum absolute atomic E-state index is 5.96. The lowest BCUT2D eigenvalue weighted by molar-refractivity contribution is 0.132. The van der Waals surface area contributed by atoms with Crippen LogP contribution in [0.3, 0.4) is 0 Å². The Morgan fingerprint density at radius 1 is 1.35 bits per heavy atom. The van der Waals surface area contributed by atoms with Gasteiger partial charge >= 0.3 is 0 Å². The number of benzene rings is 1. The van der Waals surface area contributed by atoms with Gasteiger partial charge in [0.1, 0.15) is 5.82 Å². The van der Waals surface area contributed by atoms with Gasteiger partial charge in [0.15, 0.2) is 0 Å². The highest BCUT2D eigenvalue weighted by Crippen LogP contribution is 2.36. The molecule has 0 radical (unpaired) electrons. The first kappa shape index (κ1) is 13.2. The topological polar surface area (TPSA) is 57.9 Å². The molecule has 0 amide bonds. The van der Waals surface area contributed by atoms with Gasteiger partial charge in [0.2, 0.25) is 0 Å². The zero-order valence-corrected chi connectivity index (χ0v) is 12.1. The summed E-state index contributed by atoms with van der Waals surface area (Å²) in [5.41, 5.74) is 9.74. The van der Waals surface area contributed by atoms with Gasteiger partial charge in [-0.05, 0) is 17.9 Å². The molecule has 2 heterocycles. The minimum Gasteiger partial charge on any atom is -0.382 e. The molecule has 0 bridgehead atoms. The van der Waals surface area contributed by atoms with Crippen LogP contribution in [-0.4, -0.2) is 21.6 Å². The summed E-state index contributed by atoms with van der Waals surface area (Å²) >= 11 is 0. The van der Waals surface area contributed by atoms with Gasteiger partial charge in [-0.15, -0.1) is 0 Å². The molecular weight excluding hydrogens is 248 g/mol. The van der Waals surface area contributed by atoms with Crippen LogP contribution in [0, 0.1) is 5.92 Å². The number of hydrogen-bond donors (Lipinski definition) is 2. The van der Waals surface area contributed by atoms with Crippen molar-refractivity contribution in [3.63, 3.8) is 0 Å². The molecule has 1 aliphatic rings. The van der Waals surface area contributed by atoms with E-state index in [2.05, 4.69) is 59.3 Å². The van der Waals surface area contributed by atoms with Gasteiger partial charge in [0.25, 0.3) is 0 Å². The lowest BCUT2D eigenvalue weighted by Gasteiger charge is -2.37. The van der Waals surface area contributed by atoms with Crippen molar-refractivity contribution in [1.82, 2.24) is 15.1 Å². The fourth-order valence-electron chi connectivity index (χ4n) is 3.23. The second-order valence-electron chi connectivity index (χ2n) is 5.90. The summed E-state index contributed by atoms with van der Waals surface area (Å²) in [6, 6.07) is 11.0. The molecule has 1 aliphatic heterocycles. The van der Waals surface area contributed by atoms with E-state index in [1.165, 1.54) is 16.8 Å². The number of aromatic amines is 1. The molecule has 1 aromatic carbocycles. The average molecular weight is 270 g/mol. The van der Waals surface area contributed by atoms with Gasteiger partial charge in [-0.25, -0.2) is 0 Å². The summed E-state index contributed by atoms with van der Waals surface area (Å²) in [4.78, 5) is 2.53. The number of H-pyrrole nitrogens is 1. The SMILES string of the molecule is CC(C)C1c2[nH]nc(N)c2CCN1Cc1ccccc1. The molecule has 1 unspecified atom stereocenters. The van der Waals surface area contributed by atoms with Crippen LogP contribution in [-0.2, 0) is 13.0 Å². The smallest absolute Gasteiger partial charge is 0.148 e. The zero-order valence-electron chi connectivity index (χ0n) is 12.1. The molecule has 4 nitrogen and oxygen atoms in total. The Hall–Kier alpha value is -1.81. The van der Waals surface area contributed by atoms with E-state index in [1.807, 2.05) is 0 Å². The van der Waals surface area contributed by atoms with Crippen LogP contribution >= 0.6 is 0 Å². The normalized spacial score (nSPS) is 19.2. The molecule has 2 aromatic rings. The summed E-state index contributed by atoms with van der Waals surface area (Å²) in [6.07, 6.45) is 0.980. The summed E-state index contributed by atoms with van der Waals surface area (Å²) in [5, 5.41) is 7.35. The van der Waals surface area contributed by atoms with E-state index in [-0.39, 0.29) is 0 Å². The van der Waals surface area contributed by atoms with Crippen LogP contribution in [0.4, 0.5) is 5.82 Å². The molecule has 0 spiro atoms. The lowest BCUT2D eigenvalue weighted by atomic mass is 9.90. The first-order valence-electron chi connectivity index (χ1n) is 7.27. The van der Waals surface area contributed by atoms with Crippen molar-refractivity contribution in [3.05, 3.63) is 47.2 Å². The molecule has 4 heteroatoms. The standard InChI is InChI=1S/C16H22N4/c1-11(2)15-14-13(16(17)19-18-14)8-9-20(15)10-12-6-4-3-5-7-12/h3-7,11,15H,8-10H2,1-2H3,(H3,17,18,19). The quantitative estimate of drug-likeness (QED) is 0.901. The van der Waals surface area contributed by atoms with Crippen LogP contribution in [0.25, 0.3) is 0 Å². The fraction of sp³-hybridized carbons (Fsp3) is 0.438. The van der Waals surface area contributed by atoms with Gasteiger partial charge in [-0.1, -0.05) is 44.2 Å². The Morgan fingerprint density at radius 3 is 2.80 bits per heavy atom. The fourth-order valence-corrected chi connectivity index (χ4v) is 3.23. The first-order valence-corrected chi connectivity index (χ1v) is 7.27. The first-order chi connectivity index (χ1) is 9.66. The van der Waals surface area contributed by atoms with E-state index in [1.54, 1.807) is 0 Å². The van der Waals surface area contributed by atoms with Crippen LogP contribution < -0.4 is 5.73 Å². The van der Waals surface area contributed by atoms with E-state index in [4.69, 9.17) is 5.73 Å². The predicted molar refractivity (Wildman–Crippen MR) is 81.1 cm³/mol. The number of anilines is 1. The zero-order chi connectivity index (χ0) is 14.1. The number of hydrogen-bond acceptors (Lipinski definition) is 3. The number of rotatable bonds is 3. The molecular formula is C16H22N4. The van der Waals surface area contributed by atoms with Crippen molar-refractivity contribution in [1.29, 1.82) is 0 Å². The minimum absolute atomic E-state index is 0.365. The summed E-state index contributed by atoms with van der Waals surface area (Å²) in [7, 11) is 0. The van der Waals surface area contributed by atoms with E-state index in [0.29, 0.717) is 17.8 Å². The number of nitrogens with one attached hydrogen (secondary N) is 1. The number of nitrogens with zero attached hydrogens (tertiary/aromatic N) is 2. The van der Waals surface area contributed by atoms with Crippen LogP contribution in [0.5, 0.6) is 0 Å². The van der Waals surface area contributed by atoms with Gasteiger partial charge in [-0.3, -0.25) is 10.00 Å². The number of nitrogen functional groups attached to an aromatic ring is 1. The molecule has 0 saturated carbocycles. The van der Waals surface area contributed by atoms with Gasteiger partial charge in [-0.2, -0.15) is 5.10 Å². The minimum atomic E-state index is 0.365. The van der Waals surface area contributed by atoms with Crippen molar-refractivity contribution < 1.29 is 0 Å². The molecule has 3 rings (SSSR count). The third-order valence-corrected chi connectivity index (χ3v) is 4.13. The van der Waals surface area contributed by atoms with E-state index >= 15 is 0 Å². The Bertz CT molecular complexity index is 573. The third kappa shape index (κ3) is 2.31.